The lowest BCUT2D eigenvalue weighted by molar-refractivity contribution is -0.138. The van der Waals surface area contributed by atoms with Gasteiger partial charge in [-0.15, -0.1) is 0 Å². The Morgan fingerprint density at radius 1 is 0.667 bits per heavy atom. The number of hydrogen-bond acceptors (Lipinski definition) is 1. The molecule has 0 radical (unpaired) electrons. The molecular weight excluding hydrogens is 440 g/mol. The lowest BCUT2D eigenvalue weighted by atomic mass is 9.87. The van der Waals surface area contributed by atoms with Gasteiger partial charge < -0.3 is 0 Å². The highest BCUT2D eigenvalue weighted by Crippen LogP contribution is 2.34. The van der Waals surface area contributed by atoms with Gasteiger partial charge >= 0.3 is 12.4 Å². The van der Waals surface area contributed by atoms with E-state index in [1.165, 1.54) is 24.3 Å². The summed E-state index contributed by atoms with van der Waals surface area (Å²) in [6.45, 7) is 2.27. The minimum atomic E-state index is -4.35. The van der Waals surface area contributed by atoms with Crippen molar-refractivity contribution in [2.24, 2.45) is 0 Å². The van der Waals surface area contributed by atoms with Crippen LogP contribution in [0, 0.1) is 0 Å². The number of nitrogens with zero attached hydrogens (tertiary/aromatic N) is 1. The van der Waals surface area contributed by atoms with Crippen molar-refractivity contribution < 1.29 is 26.3 Å². The molecule has 0 aromatic heterocycles. The van der Waals surface area contributed by atoms with Crippen LogP contribution in [0.4, 0.5) is 26.3 Å². The molecule has 174 valence electrons. The summed E-state index contributed by atoms with van der Waals surface area (Å²) in [6, 6.07) is 18.4. The molecule has 0 aliphatic carbocycles. The molecule has 3 aromatic rings. The van der Waals surface area contributed by atoms with Crippen LogP contribution in [0.1, 0.15) is 41.0 Å². The Hall–Kier alpha value is -2.80. The first-order valence-corrected chi connectivity index (χ1v) is 10.8. The van der Waals surface area contributed by atoms with Gasteiger partial charge in [0.15, 0.2) is 0 Å². The predicted octanol–water partition coefficient (Wildman–Crippen LogP) is 7.77. The lowest BCUT2D eigenvalue weighted by Crippen LogP contribution is -2.32. The Labute approximate surface area is 188 Å². The first-order valence-electron chi connectivity index (χ1n) is 10.8. The fraction of sp³-hybridized carbons (Fsp3) is 0.308. The number of piperidine rings is 1. The van der Waals surface area contributed by atoms with Gasteiger partial charge in [-0.1, -0.05) is 48.5 Å². The highest BCUT2D eigenvalue weighted by molar-refractivity contribution is 5.64. The van der Waals surface area contributed by atoms with E-state index in [9.17, 15) is 26.3 Å². The maximum atomic E-state index is 12.8. The van der Waals surface area contributed by atoms with Crippen LogP contribution in [-0.4, -0.2) is 18.0 Å². The number of alkyl halides is 6. The summed E-state index contributed by atoms with van der Waals surface area (Å²) in [4.78, 5) is 2.23. The molecule has 0 spiro atoms. The summed E-state index contributed by atoms with van der Waals surface area (Å²) >= 11 is 0. The van der Waals surface area contributed by atoms with Crippen molar-refractivity contribution in [2.75, 3.05) is 13.1 Å². The SMILES string of the molecule is FC(F)(F)c1ccc(CN2CCC(c3cccc(-c4ccc(C(F)(F)F)cc4)c3)CC2)cc1. The Bertz CT molecular complexity index is 1060. The summed E-state index contributed by atoms with van der Waals surface area (Å²) < 4.78 is 76.6. The minimum absolute atomic E-state index is 0.336. The quantitative estimate of drug-likeness (QED) is 0.357. The van der Waals surface area contributed by atoms with E-state index in [0.29, 0.717) is 12.5 Å². The number of benzene rings is 3. The van der Waals surface area contributed by atoms with Gasteiger partial charge in [0.05, 0.1) is 11.1 Å². The van der Waals surface area contributed by atoms with E-state index in [2.05, 4.69) is 4.90 Å². The molecule has 3 aromatic carbocycles. The van der Waals surface area contributed by atoms with Crippen molar-refractivity contribution in [3.8, 4) is 11.1 Å². The molecule has 1 aliphatic rings. The number of hydrogen-bond donors (Lipinski definition) is 0. The van der Waals surface area contributed by atoms with Gasteiger partial charge in [0.2, 0.25) is 0 Å². The number of halogens is 6. The summed E-state index contributed by atoms with van der Waals surface area (Å²) in [5.41, 5.74) is 2.33. The topological polar surface area (TPSA) is 3.24 Å². The summed E-state index contributed by atoms with van der Waals surface area (Å²) in [7, 11) is 0. The van der Waals surface area contributed by atoms with Crippen molar-refractivity contribution in [1.82, 2.24) is 4.90 Å². The van der Waals surface area contributed by atoms with E-state index < -0.39 is 23.5 Å². The van der Waals surface area contributed by atoms with Crippen LogP contribution in [0.3, 0.4) is 0 Å². The van der Waals surface area contributed by atoms with E-state index in [1.54, 1.807) is 0 Å². The fourth-order valence-electron chi connectivity index (χ4n) is 4.31. The molecule has 7 heteroatoms. The van der Waals surface area contributed by atoms with Gasteiger partial charge in [-0.25, -0.2) is 0 Å². The third kappa shape index (κ3) is 5.77. The standard InChI is InChI=1S/C26H23F6N/c27-25(28,29)23-8-4-18(5-9-23)17-33-14-12-20(13-15-33)22-3-1-2-21(16-22)19-6-10-24(11-7-19)26(30,31)32/h1-11,16,20H,12-15,17H2. The Kier molecular flexibility index (Phi) is 6.52. The van der Waals surface area contributed by atoms with Crippen LogP contribution >= 0.6 is 0 Å². The lowest BCUT2D eigenvalue weighted by Gasteiger charge is -2.32. The molecule has 0 atom stereocenters. The first-order chi connectivity index (χ1) is 15.6. The third-order valence-corrected chi connectivity index (χ3v) is 6.18. The molecule has 33 heavy (non-hydrogen) atoms. The zero-order chi connectivity index (χ0) is 23.6. The molecule has 0 N–H and O–H groups in total. The Morgan fingerprint density at radius 2 is 1.21 bits per heavy atom. The van der Waals surface area contributed by atoms with E-state index in [1.807, 2.05) is 24.3 Å². The fourth-order valence-corrected chi connectivity index (χ4v) is 4.31. The molecule has 4 rings (SSSR count). The molecule has 0 unspecified atom stereocenters. The van der Waals surface area contributed by atoms with Gasteiger partial charge in [0.25, 0.3) is 0 Å². The minimum Gasteiger partial charge on any atom is -0.299 e. The van der Waals surface area contributed by atoms with Crippen molar-refractivity contribution >= 4 is 0 Å². The predicted molar refractivity (Wildman–Crippen MR) is 116 cm³/mol. The van der Waals surface area contributed by atoms with Crippen LogP contribution < -0.4 is 0 Å². The molecule has 1 nitrogen and oxygen atoms in total. The Morgan fingerprint density at radius 3 is 1.76 bits per heavy atom. The van der Waals surface area contributed by atoms with E-state index in [-0.39, 0.29) is 0 Å². The molecular formula is C26H23F6N. The van der Waals surface area contributed by atoms with Crippen LogP contribution in [0.2, 0.25) is 0 Å². The van der Waals surface area contributed by atoms with E-state index in [4.69, 9.17) is 0 Å². The second-order valence-corrected chi connectivity index (χ2v) is 8.45. The highest BCUT2D eigenvalue weighted by Gasteiger charge is 2.31. The molecule has 1 aliphatic heterocycles. The molecule has 1 heterocycles. The van der Waals surface area contributed by atoms with Crippen LogP contribution in [0.5, 0.6) is 0 Å². The van der Waals surface area contributed by atoms with Gasteiger partial charge in [-0.05, 0) is 78.4 Å². The zero-order valence-electron chi connectivity index (χ0n) is 17.8. The third-order valence-electron chi connectivity index (χ3n) is 6.18. The average molecular weight is 463 g/mol. The molecule has 1 fully saturated rings. The normalized spacial score (nSPS) is 16.2. The van der Waals surface area contributed by atoms with Crippen LogP contribution in [0.25, 0.3) is 11.1 Å². The van der Waals surface area contributed by atoms with Gasteiger partial charge in [-0.3, -0.25) is 4.90 Å². The highest BCUT2D eigenvalue weighted by atomic mass is 19.4. The summed E-state index contributed by atoms with van der Waals surface area (Å²) in [5.74, 6) is 0.336. The molecule has 0 bridgehead atoms. The Balaban J connectivity index is 1.37. The van der Waals surface area contributed by atoms with Gasteiger partial charge in [0, 0.05) is 6.54 Å². The van der Waals surface area contributed by atoms with Crippen molar-refractivity contribution in [3.63, 3.8) is 0 Å². The summed E-state index contributed by atoms with van der Waals surface area (Å²) in [6.07, 6.45) is -6.85. The number of rotatable bonds is 4. The second kappa shape index (κ2) is 9.21. The van der Waals surface area contributed by atoms with E-state index >= 15 is 0 Å². The van der Waals surface area contributed by atoms with Gasteiger partial charge in [-0.2, -0.15) is 26.3 Å². The maximum Gasteiger partial charge on any atom is 0.416 e. The summed E-state index contributed by atoms with van der Waals surface area (Å²) in [5, 5.41) is 0. The van der Waals surface area contributed by atoms with Crippen LogP contribution in [0.15, 0.2) is 72.8 Å². The molecule has 1 saturated heterocycles. The second-order valence-electron chi connectivity index (χ2n) is 8.45. The average Bonchev–Trinajstić information content (AvgIpc) is 2.79. The van der Waals surface area contributed by atoms with Gasteiger partial charge in [0.1, 0.15) is 0 Å². The molecule has 0 amide bonds. The van der Waals surface area contributed by atoms with E-state index in [0.717, 1.165) is 72.5 Å². The number of likely N-dealkylation sites (tertiary alicyclic amines) is 1. The van der Waals surface area contributed by atoms with Crippen molar-refractivity contribution in [3.05, 3.63) is 95.1 Å². The van der Waals surface area contributed by atoms with Crippen molar-refractivity contribution in [2.45, 2.75) is 37.7 Å². The monoisotopic (exact) mass is 463 g/mol. The molecule has 0 saturated carbocycles. The van der Waals surface area contributed by atoms with Crippen LogP contribution in [-0.2, 0) is 18.9 Å². The van der Waals surface area contributed by atoms with Crippen molar-refractivity contribution in [1.29, 1.82) is 0 Å². The smallest absolute Gasteiger partial charge is 0.299 e. The first kappa shape index (κ1) is 23.4. The largest absolute Gasteiger partial charge is 0.416 e. The zero-order valence-corrected chi connectivity index (χ0v) is 17.8. The maximum absolute atomic E-state index is 12.8.